The molecule has 0 radical (unpaired) electrons. The Bertz CT molecular complexity index is 727. The molecule has 0 saturated heterocycles. The van der Waals surface area contributed by atoms with Gasteiger partial charge < -0.3 is 14.9 Å². The average Bonchev–Trinajstić information content (AvgIpc) is 2.44. The number of benzene rings is 2. The first kappa shape index (κ1) is 16.9. The van der Waals surface area contributed by atoms with E-state index in [0.29, 0.717) is 5.75 Å². The van der Waals surface area contributed by atoms with Crippen molar-refractivity contribution in [2.24, 2.45) is 0 Å². The van der Waals surface area contributed by atoms with Crippen LogP contribution in [0.5, 0.6) is 17.2 Å². The van der Waals surface area contributed by atoms with Gasteiger partial charge in [0.2, 0.25) is 5.78 Å². The molecule has 0 heterocycles. The summed E-state index contributed by atoms with van der Waals surface area (Å²) in [7, 11) is 0. The number of hydrogen-bond donors (Lipinski definition) is 2. The second-order valence-corrected chi connectivity index (χ2v) is 6.66. The van der Waals surface area contributed by atoms with Gasteiger partial charge in [-0.2, -0.15) is 0 Å². The van der Waals surface area contributed by atoms with Crippen LogP contribution in [0.2, 0.25) is 0 Å². The molecule has 2 N–H and O–H groups in total. The minimum Gasteiger partial charge on any atom is -0.508 e. The molecule has 0 aliphatic heterocycles. The Morgan fingerprint density at radius 1 is 1.09 bits per heavy atom. The van der Waals surface area contributed by atoms with E-state index in [9.17, 15) is 15.0 Å². The van der Waals surface area contributed by atoms with E-state index in [2.05, 4.69) is 26.8 Å². The van der Waals surface area contributed by atoms with Gasteiger partial charge in [-0.05, 0) is 36.1 Å². The lowest BCUT2D eigenvalue weighted by molar-refractivity contribution is 0.0917. The molecule has 0 amide bonds. The fraction of sp³-hybridized carbons (Fsp3) is 0.316. The van der Waals surface area contributed by atoms with Crippen LogP contribution in [0.3, 0.4) is 0 Å². The van der Waals surface area contributed by atoms with E-state index in [1.807, 2.05) is 19.1 Å². The summed E-state index contributed by atoms with van der Waals surface area (Å²) in [5.41, 5.74) is 2.18. The Labute approximate surface area is 136 Å². The van der Waals surface area contributed by atoms with Crippen molar-refractivity contribution < 1.29 is 19.7 Å². The van der Waals surface area contributed by atoms with Crippen LogP contribution in [0.15, 0.2) is 36.4 Å². The number of Topliss-reactive ketones (excluding diaryl/α,β-unsaturated/α-hetero) is 1. The molecule has 0 aromatic heterocycles. The maximum Gasteiger partial charge on any atom is 0.203 e. The summed E-state index contributed by atoms with van der Waals surface area (Å²) in [5, 5.41) is 19.0. The highest BCUT2D eigenvalue weighted by atomic mass is 16.5. The standard InChI is InChI=1S/C19H22O4/c1-12-5-8-18(15(9-12)19(2,3)4)23-11-17(22)14-7-6-13(20)10-16(14)21/h5-10,20-21H,11H2,1-4H3. The lowest BCUT2D eigenvalue weighted by Gasteiger charge is -2.23. The number of carbonyl (C=O) groups is 1. The highest BCUT2D eigenvalue weighted by Gasteiger charge is 2.20. The van der Waals surface area contributed by atoms with Gasteiger partial charge in [-0.1, -0.05) is 38.5 Å². The fourth-order valence-corrected chi connectivity index (χ4v) is 2.33. The molecule has 0 saturated carbocycles. The van der Waals surface area contributed by atoms with Crippen LogP contribution in [0, 0.1) is 6.92 Å². The topological polar surface area (TPSA) is 66.8 Å². The van der Waals surface area contributed by atoms with Gasteiger partial charge in [-0.3, -0.25) is 4.79 Å². The Hall–Kier alpha value is -2.49. The molecule has 0 spiro atoms. The highest BCUT2D eigenvalue weighted by molar-refractivity contribution is 5.99. The SMILES string of the molecule is Cc1ccc(OCC(=O)c2ccc(O)cc2O)c(C(C)(C)C)c1. The van der Waals surface area contributed by atoms with Crippen LogP contribution in [0.25, 0.3) is 0 Å². The third-order valence-corrected chi connectivity index (χ3v) is 3.58. The molecule has 2 rings (SSSR count). The first-order chi connectivity index (χ1) is 10.7. The number of phenolic OH excluding ortho intramolecular Hbond substituents is 2. The zero-order valence-electron chi connectivity index (χ0n) is 13.9. The lowest BCUT2D eigenvalue weighted by Crippen LogP contribution is -2.17. The summed E-state index contributed by atoms with van der Waals surface area (Å²) < 4.78 is 5.70. The van der Waals surface area contributed by atoms with Crippen molar-refractivity contribution in [3.63, 3.8) is 0 Å². The summed E-state index contributed by atoms with van der Waals surface area (Å²) >= 11 is 0. The predicted molar refractivity (Wildman–Crippen MR) is 89.5 cm³/mol. The number of ether oxygens (including phenoxy) is 1. The number of aryl methyl sites for hydroxylation is 1. The monoisotopic (exact) mass is 314 g/mol. The quantitative estimate of drug-likeness (QED) is 0.838. The molecule has 122 valence electrons. The van der Waals surface area contributed by atoms with Gasteiger partial charge in [-0.25, -0.2) is 0 Å². The summed E-state index contributed by atoms with van der Waals surface area (Å²) in [6, 6.07) is 9.74. The number of rotatable bonds is 4. The predicted octanol–water partition coefficient (Wildman–Crippen LogP) is 3.97. The molecule has 0 aliphatic carbocycles. The van der Waals surface area contributed by atoms with Crippen molar-refractivity contribution in [1.29, 1.82) is 0 Å². The van der Waals surface area contributed by atoms with Crippen LogP contribution in [-0.2, 0) is 5.41 Å². The molecule has 0 bridgehead atoms. The number of ketones is 1. The van der Waals surface area contributed by atoms with E-state index < -0.39 is 0 Å². The second-order valence-electron chi connectivity index (χ2n) is 6.66. The Balaban J connectivity index is 2.19. The molecule has 23 heavy (non-hydrogen) atoms. The third kappa shape index (κ3) is 4.03. The number of hydrogen-bond acceptors (Lipinski definition) is 4. The first-order valence-electron chi connectivity index (χ1n) is 7.47. The Morgan fingerprint density at radius 3 is 2.39 bits per heavy atom. The number of phenols is 2. The number of carbonyl (C=O) groups excluding carboxylic acids is 1. The summed E-state index contributed by atoms with van der Waals surface area (Å²) in [6.07, 6.45) is 0. The zero-order chi connectivity index (χ0) is 17.2. The minimum atomic E-state index is -0.345. The van der Waals surface area contributed by atoms with Crippen LogP contribution < -0.4 is 4.74 Å². The maximum absolute atomic E-state index is 12.2. The first-order valence-corrected chi connectivity index (χ1v) is 7.47. The molecule has 0 fully saturated rings. The largest absolute Gasteiger partial charge is 0.508 e. The third-order valence-electron chi connectivity index (χ3n) is 3.58. The van der Waals surface area contributed by atoms with E-state index in [4.69, 9.17) is 4.74 Å². The van der Waals surface area contributed by atoms with E-state index in [1.54, 1.807) is 0 Å². The van der Waals surface area contributed by atoms with Crippen molar-refractivity contribution in [3.8, 4) is 17.2 Å². The van der Waals surface area contributed by atoms with Crippen LogP contribution in [-0.4, -0.2) is 22.6 Å². The van der Waals surface area contributed by atoms with Gasteiger partial charge in [0, 0.05) is 6.07 Å². The fourth-order valence-electron chi connectivity index (χ4n) is 2.33. The van der Waals surface area contributed by atoms with E-state index in [0.717, 1.165) is 17.2 Å². The molecule has 2 aromatic rings. The molecule has 2 aromatic carbocycles. The molecular weight excluding hydrogens is 292 g/mol. The van der Waals surface area contributed by atoms with Gasteiger partial charge in [0.1, 0.15) is 17.2 Å². The average molecular weight is 314 g/mol. The maximum atomic E-state index is 12.2. The number of aromatic hydroxyl groups is 2. The van der Waals surface area contributed by atoms with E-state index in [1.165, 1.54) is 12.1 Å². The van der Waals surface area contributed by atoms with Crippen LogP contribution in [0.1, 0.15) is 42.3 Å². The van der Waals surface area contributed by atoms with Crippen LogP contribution >= 0.6 is 0 Å². The van der Waals surface area contributed by atoms with Crippen molar-refractivity contribution in [3.05, 3.63) is 53.1 Å². The molecule has 4 heteroatoms. The second kappa shape index (κ2) is 6.32. The van der Waals surface area contributed by atoms with E-state index >= 15 is 0 Å². The van der Waals surface area contributed by atoms with Gasteiger partial charge in [-0.15, -0.1) is 0 Å². The van der Waals surface area contributed by atoms with E-state index in [-0.39, 0.29) is 34.9 Å². The molecular formula is C19H22O4. The van der Waals surface area contributed by atoms with Crippen molar-refractivity contribution in [1.82, 2.24) is 0 Å². The van der Waals surface area contributed by atoms with Gasteiger partial charge >= 0.3 is 0 Å². The normalized spacial score (nSPS) is 11.3. The van der Waals surface area contributed by atoms with Crippen LogP contribution in [0.4, 0.5) is 0 Å². The molecule has 4 nitrogen and oxygen atoms in total. The summed E-state index contributed by atoms with van der Waals surface area (Å²) in [5.74, 6) is -0.0234. The Morgan fingerprint density at radius 2 is 1.78 bits per heavy atom. The smallest absolute Gasteiger partial charge is 0.203 e. The zero-order valence-corrected chi connectivity index (χ0v) is 13.9. The lowest BCUT2D eigenvalue weighted by atomic mass is 9.85. The molecule has 0 aliphatic rings. The van der Waals surface area contributed by atoms with Crippen molar-refractivity contribution >= 4 is 5.78 Å². The van der Waals surface area contributed by atoms with Gasteiger partial charge in [0.05, 0.1) is 5.56 Å². The molecule has 0 atom stereocenters. The van der Waals surface area contributed by atoms with Gasteiger partial charge in [0.15, 0.2) is 6.61 Å². The highest BCUT2D eigenvalue weighted by Crippen LogP contribution is 2.32. The van der Waals surface area contributed by atoms with Crippen molar-refractivity contribution in [2.75, 3.05) is 6.61 Å². The molecule has 0 unspecified atom stereocenters. The van der Waals surface area contributed by atoms with Gasteiger partial charge in [0.25, 0.3) is 0 Å². The Kier molecular flexibility index (Phi) is 4.64. The summed E-state index contributed by atoms with van der Waals surface area (Å²) in [6.45, 7) is 8.09. The summed E-state index contributed by atoms with van der Waals surface area (Å²) in [4.78, 5) is 12.2. The van der Waals surface area contributed by atoms with Crippen molar-refractivity contribution in [2.45, 2.75) is 33.1 Å². The minimum absolute atomic E-state index is 0.0893.